The van der Waals surface area contributed by atoms with Gasteiger partial charge < -0.3 is 58.3 Å². The van der Waals surface area contributed by atoms with Gasteiger partial charge in [0.05, 0.1) is 232 Å². The Morgan fingerprint density at radius 1 is 0.260 bits per heavy atom. The fourth-order valence-electron chi connectivity index (χ4n) is 11.1. The van der Waals surface area contributed by atoms with E-state index in [1.54, 1.807) is 84.9 Å². The molecule has 0 amide bonds. The Labute approximate surface area is 920 Å². The van der Waals surface area contributed by atoms with Crippen molar-refractivity contribution in [1.29, 1.82) is 0 Å². The molecule has 18 rings (SSSR count). The lowest BCUT2D eigenvalue weighted by atomic mass is 10.2. The van der Waals surface area contributed by atoms with Gasteiger partial charge in [-0.3, -0.25) is 55.2 Å². The fraction of sp³-hybridized carbons (Fsp3) is 0.250. The van der Waals surface area contributed by atoms with Crippen molar-refractivity contribution in [2.24, 2.45) is 0 Å². The molecular formula is C96H84F18N18O12S6. The number of hydrogen-bond donors (Lipinski definition) is 6. The van der Waals surface area contributed by atoms with E-state index in [0.717, 1.165) is 30.7 Å². The van der Waals surface area contributed by atoms with Crippen molar-refractivity contribution in [1.82, 2.24) is 89.7 Å². The number of aromatic amines is 6. The minimum atomic E-state index is -5.67. The number of benzene rings is 6. The average Bonchev–Trinajstić information content (AvgIpc) is 1.32. The van der Waals surface area contributed by atoms with Gasteiger partial charge in [0.25, 0.3) is 0 Å². The summed E-state index contributed by atoms with van der Waals surface area (Å²) in [6.45, 7) is -45.4. The SMILES string of the molecule is [2H]C([2H])([2H])c1c(OC([2H])([2H])C(F)(F)F)ccnc1C([2H])([2H])S(=O)c1nc2ccccc2[nH]1.[2H]C([2H])([2H])c1c(OC([2H])([2H])C(F)(F)F)ccnc1CS(=O)c1nc2ccccc2[nH]1.[2H]c1c([2H])c([2H])c2[nH]c(S(=O)C([2H])([2H])c3nccc(OC([2H])([2H])C(F)(F)F)c3C([2H])([2H])[2H])nc2c1[2H].[2H]c1c([2H])c([2H])c2[nH]c(S(=O)Cc3nccc(OC([2H])([2H])C(F)(F)F)c3C([2H])([2H])[2H])nc2c1[2H].[2H]c1nc(C([2H])([2H])S(=O)c2nc3ccccc3[nH]2)c(C([2H])([2H])[2H])c(OC([2H])([2H])C(F)(F)F)c1[2H].[2H]c1nc(CS(=O)c2nc3ccccc3[nH]2)c(C([2H])([2H])[2H])c(OC([2H])([2H])C(F)(F)F)c1[2H]. The molecule has 0 fully saturated rings. The molecule has 150 heavy (non-hydrogen) atoms. The van der Waals surface area contributed by atoms with Crippen molar-refractivity contribution < 1.29 is 198 Å². The molecule has 0 aliphatic heterocycles. The van der Waals surface area contributed by atoms with E-state index in [4.69, 9.17) is 65.8 Å². The van der Waals surface area contributed by atoms with E-state index in [9.17, 15) is 104 Å². The standard InChI is InChI=1S/6C16H14F3N3O2S/c6*1-10-13(20-7-6-14(10)24-9-16(17,18)19)8-25(23)15-21-11-4-2-3-5-12(11)22-15/h6*2-7H,8-9H2,1H3,(H,21,22)/i1D3,2D,3D,4D,5D,8D2,9D2;1D3,2D,3D,4D,5D,9D2;1D3,6D,7D,8D2,9D2;1D3,6D,7D,9D2;1D3,8D2,9D2;1D3,9D2. The number of H-pyrrole nitrogens is 6. The van der Waals surface area contributed by atoms with Crippen molar-refractivity contribution in [2.75, 3.05) is 39.4 Å². The molecule has 0 radical (unpaired) electrons. The molecule has 54 heteroatoms. The van der Waals surface area contributed by atoms with Gasteiger partial charge in [-0.05, 0) is 150 Å². The van der Waals surface area contributed by atoms with E-state index in [0.29, 0.717) is 56.9 Å². The normalized spacial score (nSPS) is 19.2. The highest BCUT2D eigenvalue weighted by Gasteiger charge is 2.35. The Morgan fingerprint density at radius 3 is 0.753 bits per heavy atom. The largest absolute Gasteiger partial charge is 0.484 e. The van der Waals surface area contributed by atoms with Crippen molar-refractivity contribution in [3.63, 3.8) is 0 Å². The number of nitrogens with one attached hydrogen (secondary N) is 6. The minimum absolute atomic E-state index is 0.0337. The van der Waals surface area contributed by atoms with E-state index in [1.807, 2.05) is 0 Å². The number of alkyl halides is 18. The van der Waals surface area contributed by atoms with Crippen molar-refractivity contribution in [2.45, 2.75) is 143 Å². The van der Waals surface area contributed by atoms with Crippen molar-refractivity contribution in [3.05, 3.63) is 286 Å². The maximum atomic E-state index is 13.2. The third kappa shape index (κ3) is 32.7. The maximum absolute atomic E-state index is 13.2. The number of fused-ring (bicyclic) bond motifs is 6. The fourth-order valence-corrected chi connectivity index (χ4v) is 16.5. The zero-order chi connectivity index (χ0) is 150. The zero-order valence-corrected chi connectivity index (χ0v) is 77.9. The minimum Gasteiger partial charge on any atom is -0.484 e. The molecule has 12 aromatic heterocycles. The number of nitrogens with zero attached hydrogens (tertiary/aromatic N) is 12. The van der Waals surface area contributed by atoms with Crippen molar-refractivity contribution in [3.8, 4) is 34.5 Å². The first-order chi connectivity index (χ1) is 90.0. The smallest absolute Gasteiger partial charge is 0.422 e. The van der Waals surface area contributed by atoms with Gasteiger partial charge >= 0.3 is 37.1 Å². The molecule has 6 N–H and O–H groups in total. The Hall–Kier alpha value is -14.5. The van der Waals surface area contributed by atoms with Crippen LogP contribution < -0.4 is 28.4 Å². The molecule has 6 atom stereocenters. The Morgan fingerprint density at radius 2 is 0.473 bits per heavy atom. The number of para-hydroxylation sites is 12. The highest BCUT2D eigenvalue weighted by Crippen LogP contribution is 2.35. The molecular weight excluding hydrogens is 2130 g/mol. The highest BCUT2D eigenvalue weighted by atomic mass is 32.2. The van der Waals surface area contributed by atoms with Gasteiger partial charge in [-0.15, -0.1) is 0 Å². The lowest BCUT2D eigenvalue weighted by Crippen LogP contribution is -2.20. The van der Waals surface area contributed by atoms with Gasteiger partial charge in [-0.1, -0.05) is 72.7 Å². The number of aromatic nitrogens is 18. The summed E-state index contributed by atoms with van der Waals surface area (Å²) in [6, 6.07) is 21.8. The number of imidazole rings is 6. The van der Waals surface area contributed by atoms with Gasteiger partial charge in [-0.25, -0.2) is 29.9 Å². The van der Waals surface area contributed by atoms with Crippen LogP contribution in [-0.4, -0.2) is 191 Å². The number of rotatable bonds is 30. The summed E-state index contributed by atoms with van der Waals surface area (Å²) in [7, 11) is -14.8. The van der Waals surface area contributed by atoms with E-state index in [-0.39, 0.29) is 53.9 Å². The summed E-state index contributed by atoms with van der Waals surface area (Å²) in [6.07, 6.45) is -32.2. The van der Waals surface area contributed by atoms with Crippen LogP contribution in [0.1, 0.15) is 133 Å². The Kier molecular flexibility index (Phi) is 21.3. The molecule has 0 bridgehead atoms. The molecule has 18 aromatic rings. The summed E-state index contributed by atoms with van der Waals surface area (Å²) in [4.78, 5) is 61.3. The van der Waals surface area contributed by atoms with Crippen LogP contribution in [0.5, 0.6) is 34.5 Å². The molecule has 0 saturated heterocycles. The van der Waals surface area contributed by atoms with Gasteiger partial charge in [0.2, 0.25) is 0 Å². The van der Waals surface area contributed by atoms with Crippen molar-refractivity contribution >= 4 is 131 Å². The first kappa shape index (κ1) is 64.1. The van der Waals surface area contributed by atoms with Crippen LogP contribution in [0.4, 0.5) is 79.0 Å². The van der Waals surface area contributed by atoms with Crippen LogP contribution in [0.25, 0.3) is 66.2 Å². The Balaban J connectivity index is 0.000000191. The molecule has 30 nitrogen and oxygen atoms in total. The lowest BCUT2D eigenvalue weighted by molar-refractivity contribution is -0.154. The number of ether oxygens (including phenoxy) is 6. The van der Waals surface area contributed by atoms with E-state index >= 15 is 0 Å². The van der Waals surface area contributed by atoms with E-state index in [1.165, 1.54) is 12.1 Å². The summed E-state index contributed by atoms with van der Waals surface area (Å²) in [5.41, 5.74) is -18.4. The molecule has 792 valence electrons. The zero-order valence-electron chi connectivity index (χ0n) is 121. The summed E-state index contributed by atoms with van der Waals surface area (Å²) < 4.78 is 703. The average molecular weight is 2260 g/mol. The number of halogens is 18. The third-order valence-electron chi connectivity index (χ3n) is 17.4. The molecule has 12 heterocycles. The first-order valence-electron chi connectivity index (χ1n) is 63.7. The summed E-state index contributed by atoms with van der Waals surface area (Å²) in [5, 5.41) is -1.94. The second-order valence-electron chi connectivity index (χ2n) is 27.8. The molecule has 0 aliphatic carbocycles. The van der Waals surface area contributed by atoms with Gasteiger partial charge in [0.15, 0.2) is 70.3 Å². The molecule has 0 saturated carbocycles. The summed E-state index contributed by atoms with van der Waals surface area (Å²) in [5.74, 6) is -8.91. The number of hydrogen-bond acceptors (Lipinski definition) is 24. The predicted octanol–water partition coefficient (Wildman–Crippen LogP) is 21.1. The third-order valence-corrected chi connectivity index (χ3v) is 23.6. The van der Waals surface area contributed by atoms with Crippen LogP contribution in [0.2, 0.25) is 0 Å². The molecule has 6 unspecified atom stereocenters. The van der Waals surface area contributed by atoms with E-state index < -0.39 is 396 Å². The van der Waals surface area contributed by atoms with Crippen LogP contribution in [0.15, 0.2) is 250 Å². The first-order valence-corrected chi connectivity index (χ1v) is 47.1. The lowest BCUT2D eigenvalue weighted by Gasteiger charge is -2.13. The van der Waals surface area contributed by atoms with Crippen LogP contribution >= 0.6 is 0 Å². The predicted molar refractivity (Wildman–Crippen MR) is 520 cm³/mol. The maximum Gasteiger partial charge on any atom is 0.422 e. The summed E-state index contributed by atoms with van der Waals surface area (Å²) >= 11 is 0. The molecule has 0 spiro atoms. The van der Waals surface area contributed by atoms with Gasteiger partial charge in [0, 0.05) is 103 Å². The van der Waals surface area contributed by atoms with E-state index in [2.05, 4.69) is 118 Å². The highest BCUT2D eigenvalue weighted by molar-refractivity contribution is 7.85. The second kappa shape index (κ2) is 49.7. The monoisotopic (exact) mass is 2260 g/mol. The van der Waals surface area contributed by atoms with Crippen LogP contribution in [0.3, 0.4) is 0 Å². The number of pyridine rings is 6. The topological polar surface area (TPSA) is 407 Å². The van der Waals surface area contributed by atoms with Crippen LogP contribution in [0, 0.1) is 41.1 Å². The van der Waals surface area contributed by atoms with Gasteiger partial charge in [0.1, 0.15) is 34.5 Å². The van der Waals surface area contributed by atoms with Crippen LogP contribution in [-0.2, 0) is 99.2 Å². The quantitative estimate of drug-likeness (QED) is 0.0228. The Bertz CT molecular complexity index is 10200. The second-order valence-corrected chi connectivity index (χ2v) is 35.3. The molecule has 6 aromatic carbocycles. The molecule has 0 aliphatic rings. The van der Waals surface area contributed by atoms with Gasteiger partial charge in [-0.2, -0.15) is 79.0 Å².